The summed E-state index contributed by atoms with van der Waals surface area (Å²) in [5.74, 6) is 0. The molecule has 1 aliphatic heterocycles. The first-order valence-electron chi connectivity index (χ1n) is 6.61. The van der Waals surface area contributed by atoms with Crippen LogP contribution in [-0.4, -0.2) is 31.0 Å². The van der Waals surface area contributed by atoms with Crippen molar-refractivity contribution < 1.29 is 14.6 Å². The molecule has 1 atom stereocenters. The minimum Gasteiger partial charge on any atom is -0.386 e. The van der Waals surface area contributed by atoms with Crippen LogP contribution in [0.2, 0.25) is 0 Å². The van der Waals surface area contributed by atoms with Crippen LogP contribution in [0.5, 0.6) is 0 Å². The molecule has 0 spiro atoms. The van der Waals surface area contributed by atoms with Crippen LogP contribution in [0.1, 0.15) is 35.6 Å². The van der Waals surface area contributed by atoms with Crippen molar-refractivity contribution in [2.24, 2.45) is 0 Å². The maximum atomic E-state index is 10.2. The Balaban J connectivity index is 1.90. The fourth-order valence-electron chi connectivity index (χ4n) is 2.28. The molecule has 2 rings (SSSR count). The van der Waals surface area contributed by atoms with E-state index in [1.54, 1.807) is 0 Å². The van der Waals surface area contributed by atoms with Gasteiger partial charge in [0.25, 0.3) is 0 Å². The number of hydrogen-bond donors (Lipinski definition) is 1. The normalized spacial score (nSPS) is 18.8. The zero-order valence-corrected chi connectivity index (χ0v) is 11.2. The molecule has 100 valence electrons. The van der Waals surface area contributed by atoms with Crippen molar-refractivity contribution in [2.45, 2.75) is 38.9 Å². The third-order valence-electron chi connectivity index (χ3n) is 3.45. The Hall–Kier alpha value is -0.900. The van der Waals surface area contributed by atoms with Crippen molar-refractivity contribution in [1.82, 2.24) is 0 Å². The van der Waals surface area contributed by atoms with Crippen molar-refractivity contribution in [3.05, 3.63) is 34.9 Å². The number of rotatable bonds is 4. The third-order valence-corrected chi connectivity index (χ3v) is 3.45. The number of benzene rings is 1. The van der Waals surface area contributed by atoms with Gasteiger partial charge in [0.05, 0.1) is 12.7 Å². The van der Waals surface area contributed by atoms with E-state index in [1.165, 1.54) is 5.56 Å². The van der Waals surface area contributed by atoms with Crippen LogP contribution in [0.3, 0.4) is 0 Å². The SMILES string of the molecule is Cc1ccc(C)c(C(O)COC2CCOCC2)c1. The number of ether oxygens (including phenoxy) is 2. The van der Waals surface area contributed by atoms with Gasteiger partial charge in [0.15, 0.2) is 0 Å². The van der Waals surface area contributed by atoms with Gasteiger partial charge in [-0.3, -0.25) is 0 Å². The number of aryl methyl sites for hydroxylation is 2. The van der Waals surface area contributed by atoms with Gasteiger partial charge >= 0.3 is 0 Å². The second-order valence-corrected chi connectivity index (χ2v) is 5.02. The highest BCUT2D eigenvalue weighted by Crippen LogP contribution is 2.21. The smallest absolute Gasteiger partial charge is 0.103 e. The van der Waals surface area contributed by atoms with E-state index in [-0.39, 0.29) is 6.10 Å². The third kappa shape index (κ3) is 3.55. The fraction of sp³-hybridized carbons (Fsp3) is 0.600. The molecule has 3 heteroatoms. The highest BCUT2D eigenvalue weighted by atomic mass is 16.5. The molecule has 1 heterocycles. The molecule has 1 unspecified atom stereocenters. The van der Waals surface area contributed by atoms with Gasteiger partial charge < -0.3 is 14.6 Å². The summed E-state index contributed by atoms with van der Waals surface area (Å²) in [5, 5.41) is 10.2. The topological polar surface area (TPSA) is 38.7 Å². The summed E-state index contributed by atoms with van der Waals surface area (Å²) in [6.07, 6.45) is 1.56. The van der Waals surface area contributed by atoms with Gasteiger partial charge in [-0.1, -0.05) is 23.8 Å². The summed E-state index contributed by atoms with van der Waals surface area (Å²) in [4.78, 5) is 0. The van der Waals surface area contributed by atoms with Crippen LogP contribution in [0.25, 0.3) is 0 Å². The maximum Gasteiger partial charge on any atom is 0.103 e. The van der Waals surface area contributed by atoms with Crippen molar-refractivity contribution in [3.63, 3.8) is 0 Å². The average molecular weight is 250 g/mol. The molecule has 1 aromatic rings. The molecule has 1 saturated heterocycles. The van der Waals surface area contributed by atoms with E-state index in [4.69, 9.17) is 9.47 Å². The predicted octanol–water partition coefficient (Wildman–Crippen LogP) is 2.53. The first-order valence-corrected chi connectivity index (χ1v) is 6.61. The summed E-state index contributed by atoms with van der Waals surface area (Å²) in [6.45, 7) is 5.96. The van der Waals surface area contributed by atoms with Crippen LogP contribution in [0.15, 0.2) is 18.2 Å². The minimum atomic E-state index is -0.534. The van der Waals surface area contributed by atoms with Crippen molar-refractivity contribution >= 4 is 0 Å². The second kappa shape index (κ2) is 6.32. The molecule has 0 saturated carbocycles. The Kier molecular flexibility index (Phi) is 4.75. The summed E-state index contributed by atoms with van der Waals surface area (Å²) in [6, 6.07) is 6.14. The highest BCUT2D eigenvalue weighted by molar-refractivity contribution is 5.32. The van der Waals surface area contributed by atoms with Crippen molar-refractivity contribution in [1.29, 1.82) is 0 Å². The van der Waals surface area contributed by atoms with Gasteiger partial charge in [0.2, 0.25) is 0 Å². The van der Waals surface area contributed by atoms with Crippen LogP contribution >= 0.6 is 0 Å². The molecule has 0 bridgehead atoms. The van der Waals surface area contributed by atoms with E-state index >= 15 is 0 Å². The van der Waals surface area contributed by atoms with E-state index in [0.29, 0.717) is 6.61 Å². The minimum absolute atomic E-state index is 0.235. The number of aliphatic hydroxyl groups excluding tert-OH is 1. The van der Waals surface area contributed by atoms with Gasteiger partial charge in [-0.15, -0.1) is 0 Å². The van der Waals surface area contributed by atoms with E-state index in [2.05, 4.69) is 6.07 Å². The van der Waals surface area contributed by atoms with E-state index in [1.807, 2.05) is 26.0 Å². The Morgan fingerprint density at radius 3 is 2.78 bits per heavy atom. The van der Waals surface area contributed by atoms with E-state index in [0.717, 1.165) is 37.2 Å². The van der Waals surface area contributed by atoms with E-state index < -0.39 is 6.10 Å². The molecule has 18 heavy (non-hydrogen) atoms. The monoisotopic (exact) mass is 250 g/mol. The molecule has 3 nitrogen and oxygen atoms in total. The fourth-order valence-corrected chi connectivity index (χ4v) is 2.28. The first kappa shape index (κ1) is 13.5. The lowest BCUT2D eigenvalue weighted by atomic mass is 10.0. The molecule has 1 fully saturated rings. The number of aliphatic hydroxyl groups is 1. The Morgan fingerprint density at radius 2 is 2.06 bits per heavy atom. The second-order valence-electron chi connectivity index (χ2n) is 5.02. The molecular weight excluding hydrogens is 228 g/mol. The molecule has 0 amide bonds. The van der Waals surface area contributed by atoms with Crippen LogP contribution < -0.4 is 0 Å². The molecule has 0 aliphatic carbocycles. The summed E-state index contributed by atoms with van der Waals surface area (Å²) < 4.78 is 11.0. The molecule has 1 N–H and O–H groups in total. The lowest BCUT2D eigenvalue weighted by Crippen LogP contribution is -2.25. The molecule has 1 aromatic carbocycles. The van der Waals surface area contributed by atoms with Gasteiger partial charge in [0.1, 0.15) is 6.10 Å². The lowest BCUT2D eigenvalue weighted by molar-refractivity contribution is -0.0599. The van der Waals surface area contributed by atoms with Gasteiger partial charge in [-0.05, 0) is 37.8 Å². The van der Waals surface area contributed by atoms with Gasteiger partial charge in [0, 0.05) is 13.2 Å². The highest BCUT2D eigenvalue weighted by Gasteiger charge is 2.17. The zero-order chi connectivity index (χ0) is 13.0. The lowest BCUT2D eigenvalue weighted by Gasteiger charge is -2.24. The van der Waals surface area contributed by atoms with Crippen molar-refractivity contribution in [2.75, 3.05) is 19.8 Å². The number of hydrogen-bond acceptors (Lipinski definition) is 3. The Bertz CT molecular complexity index is 383. The summed E-state index contributed by atoms with van der Waals surface area (Å²) in [5.41, 5.74) is 3.26. The summed E-state index contributed by atoms with van der Waals surface area (Å²) in [7, 11) is 0. The maximum absolute atomic E-state index is 10.2. The van der Waals surface area contributed by atoms with Crippen LogP contribution in [0.4, 0.5) is 0 Å². The molecular formula is C15H22O3. The molecule has 0 aromatic heterocycles. The first-order chi connectivity index (χ1) is 8.66. The van der Waals surface area contributed by atoms with Gasteiger partial charge in [-0.25, -0.2) is 0 Å². The van der Waals surface area contributed by atoms with Crippen LogP contribution in [0, 0.1) is 13.8 Å². The van der Waals surface area contributed by atoms with Crippen LogP contribution in [-0.2, 0) is 9.47 Å². The Morgan fingerprint density at radius 1 is 1.33 bits per heavy atom. The quantitative estimate of drug-likeness (QED) is 0.892. The van der Waals surface area contributed by atoms with E-state index in [9.17, 15) is 5.11 Å². The largest absolute Gasteiger partial charge is 0.386 e. The standard InChI is InChI=1S/C15H22O3/c1-11-3-4-12(2)14(9-11)15(16)10-18-13-5-7-17-8-6-13/h3-4,9,13,15-16H,5-8,10H2,1-2H3. The van der Waals surface area contributed by atoms with Gasteiger partial charge in [-0.2, -0.15) is 0 Å². The Labute approximate surface area is 109 Å². The predicted molar refractivity (Wildman–Crippen MR) is 70.7 cm³/mol. The molecule has 0 radical (unpaired) electrons. The van der Waals surface area contributed by atoms with Crippen molar-refractivity contribution in [3.8, 4) is 0 Å². The molecule has 1 aliphatic rings. The average Bonchev–Trinajstić information content (AvgIpc) is 2.40. The summed E-state index contributed by atoms with van der Waals surface area (Å²) >= 11 is 0. The zero-order valence-electron chi connectivity index (χ0n) is 11.2.